The van der Waals surface area contributed by atoms with Gasteiger partial charge in [0.2, 0.25) is 0 Å². The Morgan fingerprint density at radius 3 is 2.82 bits per heavy atom. The molecule has 2 rings (SSSR count). The summed E-state index contributed by atoms with van der Waals surface area (Å²) in [6.45, 7) is 1.83. The van der Waals surface area contributed by atoms with E-state index in [0.29, 0.717) is 16.7 Å². The van der Waals surface area contributed by atoms with E-state index >= 15 is 0 Å². The predicted octanol–water partition coefficient (Wildman–Crippen LogP) is 2.03. The van der Waals surface area contributed by atoms with Crippen LogP contribution in [0.3, 0.4) is 0 Å². The van der Waals surface area contributed by atoms with Crippen LogP contribution in [0.4, 0.5) is 5.82 Å². The highest BCUT2D eigenvalue weighted by molar-refractivity contribution is 6.29. The van der Waals surface area contributed by atoms with Crippen molar-refractivity contribution in [1.82, 2.24) is 14.8 Å². The maximum Gasteiger partial charge on any atom is 0.275 e. The quantitative estimate of drug-likeness (QED) is 0.830. The van der Waals surface area contributed by atoms with Crippen LogP contribution in [0.2, 0.25) is 5.15 Å². The van der Waals surface area contributed by atoms with Gasteiger partial charge in [0.05, 0.1) is 5.69 Å². The van der Waals surface area contributed by atoms with Gasteiger partial charge in [-0.2, -0.15) is 5.10 Å². The van der Waals surface area contributed by atoms with Crippen molar-refractivity contribution in [3.05, 3.63) is 40.8 Å². The van der Waals surface area contributed by atoms with Crippen LogP contribution >= 0.6 is 11.6 Å². The summed E-state index contributed by atoms with van der Waals surface area (Å²) in [5.74, 6) is 0.157. The molecule has 0 aliphatic rings. The number of pyridine rings is 1. The third-order valence-electron chi connectivity index (χ3n) is 2.19. The lowest BCUT2D eigenvalue weighted by molar-refractivity contribution is 0.101. The number of carbonyl (C=O) groups excluding carboxylic acids is 1. The van der Waals surface area contributed by atoms with Gasteiger partial charge < -0.3 is 5.32 Å². The van der Waals surface area contributed by atoms with Gasteiger partial charge in [0.1, 0.15) is 16.7 Å². The molecule has 0 aliphatic carbocycles. The summed E-state index contributed by atoms with van der Waals surface area (Å²) in [5.41, 5.74) is 1.26. The maximum atomic E-state index is 11.9. The number of rotatable bonds is 2. The highest BCUT2D eigenvalue weighted by Crippen LogP contribution is 2.11. The number of amides is 1. The van der Waals surface area contributed by atoms with Gasteiger partial charge in [-0.25, -0.2) is 4.98 Å². The second kappa shape index (κ2) is 4.55. The number of nitrogens with zero attached hydrogens (tertiary/aromatic N) is 3. The van der Waals surface area contributed by atoms with Gasteiger partial charge in [0, 0.05) is 7.05 Å². The van der Waals surface area contributed by atoms with E-state index in [1.54, 1.807) is 31.3 Å². The van der Waals surface area contributed by atoms with Crippen LogP contribution in [0.5, 0.6) is 0 Å². The second-order valence-corrected chi connectivity index (χ2v) is 3.98. The van der Waals surface area contributed by atoms with E-state index in [0.717, 1.165) is 5.69 Å². The van der Waals surface area contributed by atoms with Crippen molar-refractivity contribution in [2.45, 2.75) is 6.92 Å². The lowest BCUT2D eigenvalue weighted by Gasteiger charge is -2.04. The molecule has 0 saturated heterocycles. The minimum absolute atomic E-state index is 0.261. The standard InChI is InChI=1S/C11H11ClN4O/c1-7-6-8(16(2)15-7)11(17)14-10-5-3-4-9(12)13-10/h3-6H,1-2H3,(H,13,14,17). The third-order valence-corrected chi connectivity index (χ3v) is 2.40. The average molecular weight is 251 g/mol. The minimum Gasteiger partial charge on any atom is -0.305 e. The second-order valence-electron chi connectivity index (χ2n) is 3.59. The molecule has 0 atom stereocenters. The van der Waals surface area contributed by atoms with E-state index in [2.05, 4.69) is 15.4 Å². The Hall–Kier alpha value is -1.88. The highest BCUT2D eigenvalue weighted by atomic mass is 35.5. The zero-order valence-corrected chi connectivity index (χ0v) is 10.2. The molecule has 5 nitrogen and oxygen atoms in total. The van der Waals surface area contributed by atoms with Crippen molar-refractivity contribution in [3.63, 3.8) is 0 Å². The Morgan fingerprint density at radius 2 is 2.24 bits per heavy atom. The van der Waals surface area contributed by atoms with E-state index in [-0.39, 0.29) is 5.91 Å². The number of hydrogen-bond acceptors (Lipinski definition) is 3. The average Bonchev–Trinajstić information content (AvgIpc) is 2.58. The fourth-order valence-electron chi connectivity index (χ4n) is 1.48. The topological polar surface area (TPSA) is 59.8 Å². The number of nitrogens with one attached hydrogen (secondary N) is 1. The van der Waals surface area contributed by atoms with E-state index in [9.17, 15) is 4.79 Å². The van der Waals surface area contributed by atoms with Gasteiger partial charge in [0.15, 0.2) is 0 Å². The Kier molecular flexibility index (Phi) is 3.10. The van der Waals surface area contributed by atoms with Gasteiger partial charge >= 0.3 is 0 Å². The third kappa shape index (κ3) is 2.62. The molecule has 2 aromatic heterocycles. The molecule has 1 amide bonds. The van der Waals surface area contributed by atoms with Gasteiger partial charge in [-0.15, -0.1) is 0 Å². The van der Waals surface area contributed by atoms with Gasteiger partial charge in [-0.05, 0) is 25.1 Å². The lowest BCUT2D eigenvalue weighted by Crippen LogP contribution is -2.16. The van der Waals surface area contributed by atoms with Crippen molar-refractivity contribution >= 4 is 23.3 Å². The molecule has 0 fully saturated rings. The van der Waals surface area contributed by atoms with Crippen LogP contribution in [0.25, 0.3) is 0 Å². The SMILES string of the molecule is Cc1cc(C(=O)Nc2cccc(Cl)n2)n(C)n1. The summed E-state index contributed by atoms with van der Waals surface area (Å²) in [7, 11) is 1.72. The van der Waals surface area contributed by atoms with Crippen molar-refractivity contribution < 1.29 is 4.79 Å². The number of anilines is 1. The molecule has 0 bridgehead atoms. The van der Waals surface area contributed by atoms with Gasteiger partial charge in [-0.1, -0.05) is 17.7 Å². The monoisotopic (exact) mass is 250 g/mol. The molecule has 1 N–H and O–H groups in total. The van der Waals surface area contributed by atoms with Crippen molar-refractivity contribution in [2.75, 3.05) is 5.32 Å². The first kappa shape index (κ1) is 11.6. The Bertz CT molecular complexity index is 564. The first-order chi connectivity index (χ1) is 8.06. The van der Waals surface area contributed by atoms with Crippen LogP contribution in [-0.2, 0) is 7.05 Å². The number of hydrogen-bond donors (Lipinski definition) is 1. The van der Waals surface area contributed by atoms with E-state index in [1.165, 1.54) is 4.68 Å². The van der Waals surface area contributed by atoms with Crippen LogP contribution in [0, 0.1) is 6.92 Å². The summed E-state index contributed by atoms with van der Waals surface area (Å²) >= 11 is 5.73. The molecule has 2 aromatic rings. The van der Waals surface area contributed by atoms with E-state index < -0.39 is 0 Å². The molecule has 0 aromatic carbocycles. The lowest BCUT2D eigenvalue weighted by atomic mass is 10.3. The molecule has 6 heteroatoms. The summed E-state index contributed by atoms with van der Waals surface area (Å²) in [5, 5.41) is 7.10. The molecule has 0 radical (unpaired) electrons. The van der Waals surface area contributed by atoms with Gasteiger partial charge in [-0.3, -0.25) is 9.48 Å². The van der Waals surface area contributed by atoms with Crippen LogP contribution in [0.1, 0.15) is 16.2 Å². The molecule has 0 spiro atoms. The number of aromatic nitrogens is 3. The van der Waals surface area contributed by atoms with Crippen molar-refractivity contribution in [3.8, 4) is 0 Å². The van der Waals surface area contributed by atoms with Crippen molar-refractivity contribution in [1.29, 1.82) is 0 Å². The van der Waals surface area contributed by atoms with Crippen LogP contribution in [0.15, 0.2) is 24.3 Å². The Balaban J connectivity index is 2.20. The fourth-order valence-corrected chi connectivity index (χ4v) is 1.65. The first-order valence-electron chi connectivity index (χ1n) is 5.01. The molecule has 0 aliphatic heterocycles. The zero-order chi connectivity index (χ0) is 12.4. The molecule has 88 valence electrons. The van der Waals surface area contributed by atoms with Gasteiger partial charge in [0.25, 0.3) is 5.91 Å². The van der Waals surface area contributed by atoms with Crippen molar-refractivity contribution in [2.24, 2.45) is 7.05 Å². The largest absolute Gasteiger partial charge is 0.305 e. The van der Waals surface area contributed by atoms with Crippen LogP contribution in [-0.4, -0.2) is 20.7 Å². The number of aryl methyl sites for hydroxylation is 2. The fraction of sp³-hybridized carbons (Fsp3) is 0.182. The van der Waals surface area contributed by atoms with E-state index in [4.69, 9.17) is 11.6 Å². The summed E-state index contributed by atoms with van der Waals surface area (Å²) in [6, 6.07) is 6.75. The normalized spacial score (nSPS) is 10.3. The molecule has 17 heavy (non-hydrogen) atoms. The minimum atomic E-state index is -0.261. The summed E-state index contributed by atoms with van der Waals surface area (Å²) in [6.07, 6.45) is 0. The molecule has 2 heterocycles. The summed E-state index contributed by atoms with van der Waals surface area (Å²) in [4.78, 5) is 15.9. The number of carbonyl (C=O) groups is 1. The number of halogens is 1. The molecular weight excluding hydrogens is 240 g/mol. The predicted molar refractivity (Wildman–Crippen MR) is 65.1 cm³/mol. The highest BCUT2D eigenvalue weighted by Gasteiger charge is 2.12. The Labute approximate surface area is 103 Å². The maximum absolute atomic E-state index is 11.9. The zero-order valence-electron chi connectivity index (χ0n) is 9.44. The molecule has 0 unspecified atom stereocenters. The van der Waals surface area contributed by atoms with E-state index in [1.807, 2.05) is 6.92 Å². The molecular formula is C11H11ClN4O. The smallest absolute Gasteiger partial charge is 0.275 e. The molecule has 0 saturated carbocycles. The summed E-state index contributed by atoms with van der Waals surface area (Å²) < 4.78 is 1.52. The Morgan fingerprint density at radius 1 is 1.47 bits per heavy atom. The van der Waals surface area contributed by atoms with Crippen LogP contribution < -0.4 is 5.32 Å². The first-order valence-corrected chi connectivity index (χ1v) is 5.38.